The van der Waals surface area contributed by atoms with E-state index in [1.807, 2.05) is 30.3 Å². The van der Waals surface area contributed by atoms with Gasteiger partial charge in [-0.25, -0.2) is 0 Å². The monoisotopic (exact) mass is 299 g/mol. The van der Waals surface area contributed by atoms with E-state index in [1.165, 1.54) is 0 Å². The number of carbonyl (C=O) groups is 1. The molecule has 0 unspecified atom stereocenters. The predicted octanol–water partition coefficient (Wildman–Crippen LogP) is 3.56. The summed E-state index contributed by atoms with van der Waals surface area (Å²) in [5.41, 5.74) is 2.97. The van der Waals surface area contributed by atoms with E-state index in [0.717, 1.165) is 16.8 Å². The van der Waals surface area contributed by atoms with E-state index in [1.54, 1.807) is 12.1 Å². The van der Waals surface area contributed by atoms with Crippen LogP contribution in [0.2, 0.25) is 5.02 Å². The first kappa shape index (κ1) is 12.3. The van der Waals surface area contributed by atoms with Crippen molar-refractivity contribution in [2.24, 2.45) is 0 Å². The summed E-state index contributed by atoms with van der Waals surface area (Å²) >= 11 is 5.95. The van der Waals surface area contributed by atoms with Crippen LogP contribution in [-0.2, 0) is 4.79 Å². The fraction of sp³-hybridized carbons (Fsp3) is 0.0625. The van der Waals surface area contributed by atoms with E-state index in [9.17, 15) is 4.79 Å². The van der Waals surface area contributed by atoms with Crippen LogP contribution < -0.4 is 14.8 Å². The SMILES string of the molecule is O=C1Nc2cc(Cl)ccc2C1=Cc1cccc2c1OCO2. The average Bonchev–Trinajstić information content (AvgIpc) is 3.04. The quantitative estimate of drug-likeness (QED) is 0.819. The molecule has 4 rings (SSSR count). The van der Waals surface area contributed by atoms with Crippen LogP contribution in [0.5, 0.6) is 11.5 Å². The van der Waals surface area contributed by atoms with Gasteiger partial charge in [-0.1, -0.05) is 29.8 Å². The molecule has 104 valence electrons. The summed E-state index contributed by atoms with van der Waals surface area (Å²) in [4.78, 5) is 12.2. The second-order valence-corrected chi connectivity index (χ2v) is 5.22. The van der Waals surface area contributed by atoms with Crippen LogP contribution in [0.1, 0.15) is 11.1 Å². The molecule has 0 spiro atoms. The van der Waals surface area contributed by atoms with E-state index < -0.39 is 0 Å². The lowest BCUT2D eigenvalue weighted by atomic mass is 10.0. The Morgan fingerprint density at radius 2 is 2.10 bits per heavy atom. The van der Waals surface area contributed by atoms with Crippen molar-refractivity contribution in [2.45, 2.75) is 0 Å². The van der Waals surface area contributed by atoms with Gasteiger partial charge in [-0.15, -0.1) is 0 Å². The van der Waals surface area contributed by atoms with Crippen molar-refractivity contribution < 1.29 is 14.3 Å². The smallest absolute Gasteiger partial charge is 0.256 e. The van der Waals surface area contributed by atoms with Gasteiger partial charge in [-0.05, 0) is 24.3 Å². The molecule has 1 N–H and O–H groups in total. The maximum Gasteiger partial charge on any atom is 0.256 e. The fourth-order valence-electron chi connectivity index (χ4n) is 2.53. The first-order chi connectivity index (χ1) is 10.2. The third-order valence-corrected chi connectivity index (χ3v) is 3.73. The van der Waals surface area contributed by atoms with Crippen molar-refractivity contribution in [3.05, 3.63) is 52.5 Å². The second kappa shape index (κ2) is 4.53. The molecule has 0 fully saturated rings. The molecule has 2 heterocycles. The summed E-state index contributed by atoms with van der Waals surface area (Å²) in [7, 11) is 0. The number of rotatable bonds is 1. The highest BCUT2D eigenvalue weighted by Crippen LogP contribution is 2.40. The molecule has 5 heteroatoms. The third-order valence-electron chi connectivity index (χ3n) is 3.49. The Bertz CT molecular complexity index is 798. The molecule has 0 radical (unpaired) electrons. The lowest BCUT2D eigenvalue weighted by Gasteiger charge is -2.02. The summed E-state index contributed by atoms with van der Waals surface area (Å²) in [5, 5.41) is 3.40. The molecule has 0 bridgehead atoms. The number of carbonyl (C=O) groups excluding carboxylic acids is 1. The average molecular weight is 300 g/mol. The van der Waals surface area contributed by atoms with Crippen molar-refractivity contribution in [1.29, 1.82) is 0 Å². The molecule has 2 aliphatic rings. The molecule has 0 aromatic heterocycles. The van der Waals surface area contributed by atoms with Crippen LogP contribution in [0.15, 0.2) is 36.4 Å². The van der Waals surface area contributed by atoms with Crippen LogP contribution >= 0.6 is 11.6 Å². The lowest BCUT2D eigenvalue weighted by molar-refractivity contribution is -0.110. The first-order valence-electron chi connectivity index (χ1n) is 6.44. The Morgan fingerprint density at radius 1 is 1.19 bits per heavy atom. The predicted molar refractivity (Wildman–Crippen MR) is 80.5 cm³/mol. The number of hydrogen-bond acceptors (Lipinski definition) is 3. The Kier molecular flexibility index (Phi) is 2.65. The molecule has 1 amide bonds. The minimum absolute atomic E-state index is 0.149. The Morgan fingerprint density at radius 3 is 3.00 bits per heavy atom. The molecule has 2 aromatic rings. The highest BCUT2D eigenvalue weighted by atomic mass is 35.5. The van der Waals surface area contributed by atoms with Crippen LogP contribution in [0.3, 0.4) is 0 Å². The van der Waals surface area contributed by atoms with E-state index in [2.05, 4.69) is 5.32 Å². The summed E-state index contributed by atoms with van der Waals surface area (Å²) in [6.07, 6.45) is 1.81. The van der Waals surface area contributed by atoms with E-state index in [4.69, 9.17) is 21.1 Å². The summed E-state index contributed by atoms with van der Waals surface area (Å²) in [5.74, 6) is 1.21. The van der Waals surface area contributed by atoms with Crippen molar-refractivity contribution in [3.8, 4) is 11.5 Å². The first-order valence-corrected chi connectivity index (χ1v) is 6.82. The summed E-state index contributed by atoms with van der Waals surface area (Å²) in [6.45, 7) is 0.202. The van der Waals surface area contributed by atoms with Gasteiger partial charge in [-0.3, -0.25) is 4.79 Å². The Labute approximate surface area is 125 Å². The number of fused-ring (bicyclic) bond motifs is 2. The van der Waals surface area contributed by atoms with Gasteiger partial charge in [0.05, 0.1) is 5.69 Å². The standard InChI is InChI=1S/C16H10ClNO3/c17-10-4-5-11-12(16(19)18-13(11)7-10)6-9-2-1-3-14-15(9)21-8-20-14/h1-7H,8H2,(H,18,19). The molecule has 4 nitrogen and oxygen atoms in total. The Hall–Kier alpha value is -2.46. The molecule has 0 aliphatic carbocycles. The van der Waals surface area contributed by atoms with Gasteiger partial charge in [0, 0.05) is 21.7 Å². The van der Waals surface area contributed by atoms with E-state index in [-0.39, 0.29) is 12.7 Å². The molecule has 0 saturated heterocycles. The zero-order valence-corrected chi connectivity index (χ0v) is 11.6. The van der Waals surface area contributed by atoms with Gasteiger partial charge >= 0.3 is 0 Å². The number of benzene rings is 2. The van der Waals surface area contributed by atoms with Crippen LogP contribution in [-0.4, -0.2) is 12.7 Å². The van der Waals surface area contributed by atoms with Gasteiger partial charge in [0.1, 0.15) is 0 Å². The second-order valence-electron chi connectivity index (χ2n) is 4.78. The zero-order valence-electron chi connectivity index (χ0n) is 10.9. The summed E-state index contributed by atoms with van der Waals surface area (Å²) in [6, 6.07) is 10.9. The number of ether oxygens (including phenoxy) is 2. The van der Waals surface area contributed by atoms with Crippen molar-refractivity contribution in [2.75, 3.05) is 12.1 Å². The van der Waals surface area contributed by atoms with E-state index >= 15 is 0 Å². The number of nitrogens with one attached hydrogen (secondary N) is 1. The molecule has 0 saturated carbocycles. The maximum atomic E-state index is 12.2. The molecule has 21 heavy (non-hydrogen) atoms. The molecule has 2 aromatic carbocycles. The van der Waals surface area contributed by atoms with Crippen molar-refractivity contribution in [3.63, 3.8) is 0 Å². The molecular formula is C16H10ClNO3. The normalized spacial score (nSPS) is 17.0. The topological polar surface area (TPSA) is 47.6 Å². The highest BCUT2D eigenvalue weighted by molar-refractivity contribution is 6.36. The number of anilines is 1. The minimum atomic E-state index is -0.149. The van der Waals surface area contributed by atoms with E-state index in [0.29, 0.717) is 22.1 Å². The fourth-order valence-corrected chi connectivity index (χ4v) is 2.70. The lowest BCUT2D eigenvalue weighted by Crippen LogP contribution is -2.03. The molecule has 2 aliphatic heterocycles. The zero-order chi connectivity index (χ0) is 14.4. The van der Waals surface area contributed by atoms with Crippen molar-refractivity contribution >= 4 is 34.8 Å². The van der Waals surface area contributed by atoms with Gasteiger partial charge in [0.15, 0.2) is 11.5 Å². The van der Waals surface area contributed by atoms with Gasteiger partial charge in [0.2, 0.25) is 6.79 Å². The minimum Gasteiger partial charge on any atom is -0.454 e. The van der Waals surface area contributed by atoms with Gasteiger partial charge in [0.25, 0.3) is 5.91 Å². The van der Waals surface area contributed by atoms with Gasteiger partial charge < -0.3 is 14.8 Å². The van der Waals surface area contributed by atoms with Crippen LogP contribution in [0.25, 0.3) is 11.6 Å². The largest absolute Gasteiger partial charge is 0.454 e. The van der Waals surface area contributed by atoms with Crippen LogP contribution in [0, 0.1) is 0 Å². The summed E-state index contributed by atoms with van der Waals surface area (Å²) < 4.78 is 10.8. The van der Waals surface area contributed by atoms with Gasteiger partial charge in [-0.2, -0.15) is 0 Å². The molecular weight excluding hydrogens is 290 g/mol. The Balaban J connectivity index is 1.85. The number of hydrogen-bond donors (Lipinski definition) is 1. The molecule has 0 atom stereocenters. The number of para-hydroxylation sites is 1. The third kappa shape index (κ3) is 1.96. The van der Waals surface area contributed by atoms with Crippen LogP contribution in [0.4, 0.5) is 5.69 Å². The maximum absolute atomic E-state index is 12.2. The highest BCUT2D eigenvalue weighted by Gasteiger charge is 2.25. The van der Waals surface area contributed by atoms with Crippen molar-refractivity contribution in [1.82, 2.24) is 0 Å². The number of halogens is 1. The number of amides is 1.